The number of allylic oxidation sites excluding steroid dienone is 4. The zero-order valence-electron chi connectivity index (χ0n) is 20.0. The van der Waals surface area contributed by atoms with Crippen molar-refractivity contribution >= 4 is 0 Å². The quantitative estimate of drug-likeness (QED) is 0.205. The van der Waals surface area contributed by atoms with Crippen molar-refractivity contribution < 1.29 is 26.2 Å². The summed E-state index contributed by atoms with van der Waals surface area (Å²) in [7, 11) is 0. The first-order chi connectivity index (χ1) is 15.4. The molecule has 4 aromatic rings. The molecular formula is C33H31Zr-5. The Kier molecular flexibility index (Phi) is 13.6. The Labute approximate surface area is 226 Å². The largest absolute Gasteiger partial charge is 0.358 e. The van der Waals surface area contributed by atoms with Crippen molar-refractivity contribution in [2.24, 2.45) is 0 Å². The van der Waals surface area contributed by atoms with Crippen molar-refractivity contribution in [2.75, 3.05) is 0 Å². The van der Waals surface area contributed by atoms with Crippen LogP contribution >= 0.6 is 0 Å². The van der Waals surface area contributed by atoms with Gasteiger partial charge >= 0.3 is 0 Å². The maximum atomic E-state index is 3.30. The molecule has 0 spiro atoms. The van der Waals surface area contributed by atoms with Gasteiger partial charge in [-0.25, -0.2) is 12.2 Å². The van der Waals surface area contributed by atoms with Gasteiger partial charge in [0.2, 0.25) is 0 Å². The Balaban J connectivity index is 0.000000264. The van der Waals surface area contributed by atoms with Crippen molar-refractivity contribution in [3.05, 3.63) is 177 Å². The summed E-state index contributed by atoms with van der Waals surface area (Å²) < 4.78 is 0. The van der Waals surface area contributed by atoms with E-state index in [9.17, 15) is 0 Å². The second-order valence-electron chi connectivity index (χ2n) is 7.37. The van der Waals surface area contributed by atoms with Gasteiger partial charge in [0.15, 0.2) is 0 Å². The average Bonchev–Trinajstić information content (AvgIpc) is 3.53. The van der Waals surface area contributed by atoms with Gasteiger partial charge in [0, 0.05) is 26.2 Å². The molecule has 0 N–H and O–H groups in total. The van der Waals surface area contributed by atoms with Crippen LogP contribution in [-0.4, -0.2) is 0 Å². The Bertz CT molecular complexity index is 1050. The fraction of sp³-hybridized carbons (Fsp3) is 0.0606. The third-order valence-electron chi connectivity index (χ3n) is 5.13. The van der Waals surface area contributed by atoms with Crippen molar-refractivity contribution in [2.45, 2.75) is 12.8 Å². The molecule has 0 nitrogen and oxygen atoms in total. The second kappa shape index (κ2) is 15.9. The topological polar surface area (TPSA) is 0 Å². The maximum absolute atomic E-state index is 3.30. The Morgan fingerprint density at radius 3 is 1.79 bits per heavy atom. The van der Waals surface area contributed by atoms with E-state index in [4.69, 9.17) is 0 Å². The summed E-state index contributed by atoms with van der Waals surface area (Å²) in [5, 5.41) is 0. The summed E-state index contributed by atoms with van der Waals surface area (Å²) in [6.07, 6.45) is 13.2. The van der Waals surface area contributed by atoms with Crippen LogP contribution in [0, 0.1) is 33.4 Å². The smallest absolute Gasteiger partial charge is 0 e. The van der Waals surface area contributed by atoms with Crippen molar-refractivity contribution in [1.82, 2.24) is 0 Å². The van der Waals surface area contributed by atoms with E-state index in [2.05, 4.69) is 110 Å². The molecule has 4 aromatic carbocycles. The normalized spacial score (nSPS) is 10.9. The number of fused-ring (bicyclic) bond motifs is 3. The Morgan fingerprint density at radius 1 is 0.647 bits per heavy atom. The molecule has 0 aliphatic heterocycles. The van der Waals surface area contributed by atoms with Crippen LogP contribution in [0.1, 0.15) is 28.7 Å². The minimum absolute atomic E-state index is 0. The van der Waals surface area contributed by atoms with Crippen molar-refractivity contribution in [3.63, 3.8) is 0 Å². The van der Waals surface area contributed by atoms with E-state index in [1.54, 1.807) is 0 Å². The van der Waals surface area contributed by atoms with E-state index in [-0.39, 0.29) is 41.1 Å². The zero-order valence-corrected chi connectivity index (χ0v) is 22.5. The van der Waals surface area contributed by atoms with Gasteiger partial charge in [-0.3, -0.25) is 6.08 Å². The summed E-state index contributed by atoms with van der Waals surface area (Å²) in [5.74, 6) is 0. The molecule has 0 amide bonds. The van der Waals surface area contributed by atoms with E-state index < -0.39 is 0 Å². The molecular weight excluding hydrogens is 488 g/mol. The predicted octanol–water partition coefficient (Wildman–Crippen LogP) is 8.55. The summed E-state index contributed by atoms with van der Waals surface area (Å²) in [6, 6.07) is 38.8. The van der Waals surface area contributed by atoms with Crippen LogP contribution in [-0.2, 0) is 32.6 Å². The van der Waals surface area contributed by atoms with Gasteiger partial charge in [-0.05, 0) is 6.42 Å². The fourth-order valence-electron chi connectivity index (χ4n) is 3.63. The summed E-state index contributed by atoms with van der Waals surface area (Å²) in [4.78, 5) is 0. The minimum Gasteiger partial charge on any atom is -0.358 e. The monoisotopic (exact) mass is 517 g/mol. The van der Waals surface area contributed by atoms with Crippen molar-refractivity contribution in [1.29, 1.82) is 0 Å². The fourth-order valence-corrected chi connectivity index (χ4v) is 3.63. The molecule has 0 saturated heterocycles. The first kappa shape index (κ1) is 29.1. The zero-order chi connectivity index (χ0) is 21.1. The van der Waals surface area contributed by atoms with Gasteiger partial charge in [-0.1, -0.05) is 71.8 Å². The molecule has 6 rings (SSSR count). The molecule has 2 aliphatic carbocycles. The molecule has 0 bridgehead atoms. The van der Waals surface area contributed by atoms with E-state index in [1.165, 1.54) is 33.4 Å². The molecule has 2 aliphatic rings. The molecule has 0 fully saturated rings. The van der Waals surface area contributed by atoms with Gasteiger partial charge in [-0.2, -0.15) is 35.9 Å². The van der Waals surface area contributed by atoms with E-state index in [0.717, 1.165) is 12.8 Å². The van der Waals surface area contributed by atoms with E-state index in [0.29, 0.717) is 0 Å². The average molecular weight is 519 g/mol. The first-order valence-electron chi connectivity index (χ1n) is 10.6. The van der Waals surface area contributed by atoms with Gasteiger partial charge in [0.1, 0.15) is 0 Å². The summed E-state index contributed by atoms with van der Waals surface area (Å²) in [6.45, 7) is 0. The van der Waals surface area contributed by atoms with Gasteiger partial charge in [-0.15, -0.1) is 53.8 Å². The molecule has 0 unspecified atom stereocenters. The van der Waals surface area contributed by atoms with Crippen LogP contribution < -0.4 is 0 Å². The van der Waals surface area contributed by atoms with Crippen molar-refractivity contribution in [3.8, 4) is 11.1 Å². The van der Waals surface area contributed by atoms with E-state index >= 15 is 0 Å². The Morgan fingerprint density at radius 2 is 1.24 bits per heavy atom. The minimum atomic E-state index is 0. The SMILES string of the molecule is [C-]1=CC=CC1.[CH3-].[CH3-].[Zr].[c-]1cccc2c1Cc1ccccc1-2.c1ccc([CH-]c2ccccc2)cc1. The molecule has 172 valence electrons. The first-order valence-corrected chi connectivity index (χ1v) is 10.6. The number of hydrogen-bond acceptors (Lipinski definition) is 0. The van der Waals surface area contributed by atoms with Gasteiger partial charge < -0.3 is 14.9 Å². The van der Waals surface area contributed by atoms with Crippen LogP contribution in [0.4, 0.5) is 0 Å². The number of rotatable bonds is 2. The van der Waals surface area contributed by atoms with Crippen LogP contribution in [0.3, 0.4) is 0 Å². The molecule has 0 heterocycles. The van der Waals surface area contributed by atoms with Gasteiger partial charge in [0.05, 0.1) is 0 Å². The molecule has 1 heteroatoms. The third-order valence-corrected chi connectivity index (χ3v) is 5.13. The van der Waals surface area contributed by atoms with Crippen LogP contribution in [0.25, 0.3) is 11.1 Å². The molecule has 34 heavy (non-hydrogen) atoms. The summed E-state index contributed by atoms with van der Waals surface area (Å²) >= 11 is 0. The second-order valence-corrected chi connectivity index (χ2v) is 7.37. The number of hydrogen-bond donors (Lipinski definition) is 0. The summed E-state index contributed by atoms with van der Waals surface area (Å²) in [5.41, 5.74) is 8.00. The number of benzene rings is 4. The maximum Gasteiger partial charge on any atom is 0 e. The molecule has 0 saturated carbocycles. The van der Waals surface area contributed by atoms with E-state index in [1.807, 2.05) is 30.4 Å². The molecule has 0 atom stereocenters. The van der Waals surface area contributed by atoms with Crippen LogP contribution in [0.15, 0.2) is 121 Å². The predicted molar refractivity (Wildman–Crippen MR) is 143 cm³/mol. The van der Waals surface area contributed by atoms with Crippen LogP contribution in [0.5, 0.6) is 0 Å². The third kappa shape index (κ3) is 8.47. The van der Waals surface area contributed by atoms with Gasteiger partial charge in [0.25, 0.3) is 0 Å². The van der Waals surface area contributed by atoms with Crippen LogP contribution in [0.2, 0.25) is 0 Å². The Hall–Kier alpha value is -2.89. The standard InChI is InChI=1S/C13H9.C13H11.C5H5.2CH3.Zr/c1-3-7-12-10(5-1)9-11-6-2-4-8-13(11)12;1-3-7-12(8-4-1)11-13-9-5-2-6-10-13;1-2-4-5-3-1;;;/h1-5,7-8H,9H2;1-11H;1-3H,4H2;2*1H3;/q5*-1;. The molecule has 0 aromatic heterocycles. The molecule has 0 radical (unpaired) electrons.